The molecule has 1 aromatic carbocycles. The van der Waals surface area contributed by atoms with E-state index in [4.69, 9.17) is 9.47 Å². The zero-order valence-electron chi connectivity index (χ0n) is 18.6. The number of methoxy groups -OCH3 is 1. The molecule has 5 aliphatic carbocycles. The number of hydrogen-bond donors (Lipinski definition) is 1. The minimum atomic E-state index is -1.24. The second kappa shape index (κ2) is 7.21. The molecule has 1 amide bonds. The van der Waals surface area contributed by atoms with Crippen LogP contribution in [0, 0.1) is 29.0 Å². The first-order chi connectivity index (χ1) is 14.7. The van der Waals surface area contributed by atoms with Crippen LogP contribution >= 0.6 is 0 Å². The van der Waals surface area contributed by atoms with Gasteiger partial charge in [-0.2, -0.15) is 0 Å². The number of hydrogen-bond acceptors (Lipinski definition) is 4. The summed E-state index contributed by atoms with van der Waals surface area (Å²) in [5, 5.41) is 2.59. The molecule has 5 saturated carbocycles. The lowest BCUT2D eigenvalue weighted by Crippen LogP contribution is -2.50. The Bertz CT molecular complexity index is 908. The summed E-state index contributed by atoms with van der Waals surface area (Å²) in [6.45, 7) is 3.74. The van der Waals surface area contributed by atoms with Gasteiger partial charge in [0.15, 0.2) is 0 Å². The zero-order valence-corrected chi connectivity index (χ0v) is 18.6. The fourth-order valence-electron chi connectivity index (χ4n) is 6.66. The molecule has 0 saturated heterocycles. The zero-order chi connectivity index (χ0) is 22.0. The molecule has 5 nitrogen and oxygen atoms in total. The van der Waals surface area contributed by atoms with Crippen LogP contribution in [-0.4, -0.2) is 31.1 Å². The summed E-state index contributed by atoms with van der Waals surface area (Å²) in [7, 11) is 1.26. The van der Waals surface area contributed by atoms with Crippen molar-refractivity contribution in [1.29, 1.82) is 0 Å². The van der Waals surface area contributed by atoms with Crippen LogP contribution in [0.4, 0.5) is 4.39 Å². The average molecular weight is 430 g/mol. The van der Waals surface area contributed by atoms with E-state index in [9.17, 15) is 9.59 Å². The van der Waals surface area contributed by atoms with E-state index >= 15 is 4.39 Å². The molecule has 5 fully saturated rings. The van der Waals surface area contributed by atoms with Gasteiger partial charge in [-0.15, -0.1) is 0 Å². The molecule has 1 aromatic rings. The van der Waals surface area contributed by atoms with Gasteiger partial charge in [-0.05, 0) is 94.1 Å². The fourth-order valence-corrected chi connectivity index (χ4v) is 6.66. The van der Waals surface area contributed by atoms with E-state index in [1.54, 1.807) is 6.07 Å². The molecular weight excluding hydrogens is 397 g/mol. The largest absolute Gasteiger partial charge is 0.493 e. The lowest BCUT2D eigenvalue weighted by atomic mass is 9.76. The number of rotatable bonds is 7. The molecule has 4 bridgehead atoms. The maximum atomic E-state index is 15.0. The second-order valence-corrected chi connectivity index (χ2v) is 10.9. The maximum absolute atomic E-state index is 15.0. The highest BCUT2D eigenvalue weighted by molar-refractivity contribution is 5.98. The number of nitrogens with one attached hydrogen (secondary N) is 1. The molecule has 168 valence electrons. The summed E-state index contributed by atoms with van der Waals surface area (Å²) in [6.07, 6.45) is 8.59. The monoisotopic (exact) mass is 429 g/mol. The van der Waals surface area contributed by atoms with Gasteiger partial charge in [0, 0.05) is 11.5 Å². The molecule has 6 rings (SSSR count). The maximum Gasteiger partial charge on any atom is 0.330 e. The van der Waals surface area contributed by atoms with Gasteiger partial charge in [0.05, 0.1) is 19.3 Å². The number of carbonyl (C=O) groups is 2. The third-order valence-electron chi connectivity index (χ3n) is 8.16. The van der Waals surface area contributed by atoms with Gasteiger partial charge in [0.1, 0.15) is 17.1 Å². The summed E-state index contributed by atoms with van der Waals surface area (Å²) in [4.78, 5) is 24.7. The molecule has 1 N–H and O–H groups in total. The number of amides is 1. The van der Waals surface area contributed by atoms with E-state index in [2.05, 4.69) is 5.32 Å². The quantitative estimate of drug-likeness (QED) is 0.644. The van der Waals surface area contributed by atoms with E-state index in [0.717, 1.165) is 36.2 Å². The number of benzene rings is 1. The smallest absolute Gasteiger partial charge is 0.330 e. The van der Waals surface area contributed by atoms with E-state index in [0.29, 0.717) is 18.3 Å². The molecule has 5 aliphatic rings. The van der Waals surface area contributed by atoms with Gasteiger partial charge in [0.2, 0.25) is 0 Å². The Balaban J connectivity index is 1.36. The first-order valence-electron chi connectivity index (χ1n) is 11.6. The van der Waals surface area contributed by atoms with Crippen LogP contribution in [0.5, 0.6) is 5.75 Å². The lowest BCUT2D eigenvalue weighted by Gasteiger charge is -2.33. The van der Waals surface area contributed by atoms with Crippen LogP contribution in [0.1, 0.15) is 80.6 Å². The van der Waals surface area contributed by atoms with Crippen molar-refractivity contribution < 1.29 is 23.5 Å². The Hall–Kier alpha value is -2.11. The van der Waals surface area contributed by atoms with Crippen molar-refractivity contribution in [1.82, 2.24) is 5.32 Å². The Morgan fingerprint density at radius 1 is 1.16 bits per heavy atom. The van der Waals surface area contributed by atoms with Crippen LogP contribution in [0.2, 0.25) is 0 Å². The highest BCUT2D eigenvalue weighted by Crippen LogP contribution is 2.65. The lowest BCUT2D eigenvalue weighted by molar-refractivity contribution is -0.146. The summed E-state index contributed by atoms with van der Waals surface area (Å²) >= 11 is 0. The van der Waals surface area contributed by atoms with Crippen LogP contribution in [-0.2, 0) is 9.53 Å². The standard InChI is InChI=1S/C25H32FNO4/c1-24(2,23(29)30-3)27-22(28)19-9-18(16-4-5-16)21(10-20(19)26)31-13-25-11-14-6-15(12-25)8-17(25)7-14/h9-10,14-17H,4-8,11-13H2,1-3H3,(H,27,28). The molecule has 2 atom stereocenters. The van der Waals surface area contributed by atoms with E-state index in [1.807, 2.05) is 0 Å². The molecular formula is C25H32FNO4. The van der Waals surface area contributed by atoms with Crippen molar-refractivity contribution in [2.75, 3.05) is 13.7 Å². The third kappa shape index (κ3) is 3.62. The SMILES string of the molecule is COC(=O)C(C)(C)NC(=O)c1cc(C2CC2)c(OCC23CC4CC(CC2C4)C3)cc1F. The second-order valence-electron chi connectivity index (χ2n) is 10.9. The molecule has 0 radical (unpaired) electrons. The predicted molar refractivity (Wildman–Crippen MR) is 113 cm³/mol. The Labute approximate surface area is 183 Å². The van der Waals surface area contributed by atoms with Crippen LogP contribution in [0.3, 0.4) is 0 Å². The predicted octanol–water partition coefficient (Wildman–Crippen LogP) is 4.59. The minimum Gasteiger partial charge on any atom is -0.493 e. The summed E-state index contributed by atoms with van der Waals surface area (Å²) < 4.78 is 26.1. The average Bonchev–Trinajstić information content (AvgIpc) is 3.48. The van der Waals surface area contributed by atoms with Crippen molar-refractivity contribution >= 4 is 11.9 Å². The fraction of sp³-hybridized carbons (Fsp3) is 0.680. The number of carbonyl (C=O) groups excluding carboxylic acids is 2. The normalized spacial score (nSPS) is 31.0. The Kier molecular flexibility index (Phi) is 4.83. The van der Waals surface area contributed by atoms with E-state index < -0.39 is 23.2 Å². The highest BCUT2D eigenvalue weighted by Gasteiger charge is 2.58. The molecule has 0 aromatic heterocycles. The van der Waals surface area contributed by atoms with Crippen LogP contribution < -0.4 is 10.1 Å². The van der Waals surface area contributed by atoms with E-state index in [1.165, 1.54) is 59.1 Å². The van der Waals surface area contributed by atoms with Gasteiger partial charge in [-0.1, -0.05) is 0 Å². The highest BCUT2D eigenvalue weighted by atomic mass is 19.1. The van der Waals surface area contributed by atoms with Gasteiger partial charge in [-0.25, -0.2) is 9.18 Å². The summed E-state index contributed by atoms with van der Waals surface area (Å²) in [6, 6.07) is 3.00. The molecule has 0 aliphatic heterocycles. The van der Waals surface area contributed by atoms with Crippen molar-refractivity contribution in [2.45, 2.75) is 70.3 Å². The first kappa shape index (κ1) is 20.8. The first-order valence-corrected chi connectivity index (χ1v) is 11.6. The summed E-state index contributed by atoms with van der Waals surface area (Å²) in [5.74, 6) is 1.54. The summed E-state index contributed by atoms with van der Waals surface area (Å²) in [5.41, 5.74) is -0.111. The minimum absolute atomic E-state index is 0.0507. The molecule has 6 heteroatoms. The molecule has 31 heavy (non-hydrogen) atoms. The molecule has 2 unspecified atom stereocenters. The molecule has 0 heterocycles. The van der Waals surface area contributed by atoms with Crippen molar-refractivity contribution in [2.24, 2.45) is 23.2 Å². The third-order valence-corrected chi connectivity index (χ3v) is 8.16. The van der Waals surface area contributed by atoms with Crippen molar-refractivity contribution in [3.05, 3.63) is 29.1 Å². The van der Waals surface area contributed by atoms with E-state index in [-0.39, 0.29) is 11.0 Å². The van der Waals surface area contributed by atoms with Crippen LogP contribution in [0.25, 0.3) is 0 Å². The van der Waals surface area contributed by atoms with Crippen LogP contribution in [0.15, 0.2) is 12.1 Å². The van der Waals surface area contributed by atoms with Crippen molar-refractivity contribution in [3.8, 4) is 5.75 Å². The Morgan fingerprint density at radius 3 is 2.45 bits per heavy atom. The topological polar surface area (TPSA) is 64.6 Å². The molecule has 0 spiro atoms. The van der Waals surface area contributed by atoms with Gasteiger partial charge in [-0.3, -0.25) is 4.79 Å². The number of esters is 1. The van der Waals surface area contributed by atoms with Crippen molar-refractivity contribution in [3.63, 3.8) is 0 Å². The van der Waals surface area contributed by atoms with Gasteiger partial charge < -0.3 is 14.8 Å². The van der Waals surface area contributed by atoms with Gasteiger partial charge in [0.25, 0.3) is 5.91 Å². The number of halogens is 1. The number of ether oxygens (including phenoxy) is 2. The Morgan fingerprint density at radius 2 is 1.84 bits per heavy atom. The van der Waals surface area contributed by atoms with Gasteiger partial charge >= 0.3 is 5.97 Å².